The van der Waals surface area contributed by atoms with Crippen LogP contribution in [0.25, 0.3) is 0 Å². The van der Waals surface area contributed by atoms with Gasteiger partial charge in [0.15, 0.2) is 5.13 Å². The Kier molecular flexibility index (Phi) is 5.32. The van der Waals surface area contributed by atoms with Crippen LogP contribution in [0, 0.1) is 13.8 Å². The molecule has 0 bridgehead atoms. The molecule has 1 N–H and O–H groups in total. The average molecular weight is 435 g/mol. The maximum absolute atomic E-state index is 13.3. The van der Waals surface area contributed by atoms with Gasteiger partial charge in [-0.2, -0.15) is 0 Å². The summed E-state index contributed by atoms with van der Waals surface area (Å²) in [5.41, 5.74) is 1.90. The molecule has 7 nitrogen and oxygen atoms in total. The lowest BCUT2D eigenvalue weighted by molar-refractivity contribution is -0.134. The first-order valence-corrected chi connectivity index (χ1v) is 10.7. The van der Waals surface area contributed by atoms with Gasteiger partial charge in [0, 0.05) is 5.38 Å². The Morgan fingerprint density at radius 1 is 1.10 bits per heavy atom. The van der Waals surface area contributed by atoms with Crippen molar-refractivity contribution in [1.29, 1.82) is 0 Å². The number of hydrogen-bond donors (Lipinski definition) is 1. The molecule has 1 saturated heterocycles. The number of carbonyl (C=O) groups excluding carboxylic acids is 3. The number of benzene rings is 2. The van der Waals surface area contributed by atoms with Crippen molar-refractivity contribution in [3.63, 3.8) is 0 Å². The van der Waals surface area contributed by atoms with Gasteiger partial charge in [0.2, 0.25) is 0 Å². The summed E-state index contributed by atoms with van der Waals surface area (Å²) in [6.45, 7) is 5.06. The summed E-state index contributed by atoms with van der Waals surface area (Å²) < 4.78 is 0. The lowest BCUT2D eigenvalue weighted by Crippen LogP contribution is -2.43. The number of nitrogens with one attached hydrogen (secondary N) is 1. The molecule has 0 saturated carbocycles. The Morgan fingerprint density at radius 2 is 1.77 bits per heavy atom. The topological polar surface area (TPSA) is 82.6 Å². The predicted octanol–water partition coefficient (Wildman–Crippen LogP) is 3.89. The monoisotopic (exact) mass is 434 g/mol. The first-order chi connectivity index (χ1) is 14.8. The van der Waals surface area contributed by atoms with E-state index in [2.05, 4.69) is 10.3 Å². The molecule has 158 valence electrons. The molecule has 1 aliphatic rings. The highest BCUT2D eigenvalue weighted by Crippen LogP contribution is 2.31. The largest absolute Gasteiger partial charge is 0.325 e. The fourth-order valence-electron chi connectivity index (χ4n) is 3.51. The molecule has 2 heterocycles. The molecule has 1 fully saturated rings. The molecule has 8 heteroatoms. The second-order valence-corrected chi connectivity index (χ2v) is 8.49. The van der Waals surface area contributed by atoms with Crippen LogP contribution in [0.2, 0.25) is 0 Å². The molecular weight excluding hydrogens is 412 g/mol. The molecule has 1 aromatic heterocycles. The maximum Gasteiger partial charge on any atom is 0.325 e. The van der Waals surface area contributed by atoms with E-state index in [4.69, 9.17) is 0 Å². The highest BCUT2D eigenvalue weighted by atomic mass is 32.1. The Bertz CT molecular complexity index is 1140. The molecular formula is C23H22N4O3S. The van der Waals surface area contributed by atoms with E-state index in [0.717, 1.165) is 16.2 Å². The molecule has 2 aromatic carbocycles. The van der Waals surface area contributed by atoms with Gasteiger partial charge in [-0.05, 0) is 38.5 Å². The molecule has 3 aromatic rings. The second-order valence-electron chi connectivity index (χ2n) is 7.65. The number of aryl methyl sites for hydroxylation is 2. The van der Waals surface area contributed by atoms with Gasteiger partial charge in [-0.15, -0.1) is 11.3 Å². The minimum Gasteiger partial charge on any atom is -0.319 e. The van der Waals surface area contributed by atoms with Crippen LogP contribution in [0.4, 0.5) is 15.6 Å². The Balaban J connectivity index is 1.62. The van der Waals surface area contributed by atoms with Gasteiger partial charge in [-0.1, -0.05) is 48.0 Å². The van der Waals surface area contributed by atoms with Crippen molar-refractivity contribution in [3.8, 4) is 0 Å². The minimum atomic E-state index is -1.22. The summed E-state index contributed by atoms with van der Waals surface area (Å²) in [5.74, 6) is -0.879. The fraction of sp³-hybridized carbons (Fsp3) is 0.217. The number of aromatic nitrogens is 1. The third-order valence-electron chi connectivity index (χ3n) is 5.26. The number of anilines is 2. The molecule has 0 spiro atoms. The lowest BCUT2D eigenvalue weighted by Gasteiger charge is -2.24. The Hall–Kier alpha value is -3.52. The third-order valence-corrected chi connectivity index (χ3v) is 6.20. The van der Waals surface area contributed by atoms with Gasteiger partial charge in [0.1, 0.15) is 12.1 Å². The van der Waals surface area contributed by atoms with Crippen LogP contribution in [-0.2, 0) is 15.1 Å². The van der Waals surface area contributed by atoms with E-state index in [1.54, 1.807) is 19.1 Å². The summed E-state index contributed by atoms with van der Waals surface area (Å²) in [6.07, 6.45) is 0. The molecule has 4 rings (SSSR count). The van der Waals surface area contributed by atoms with Gasteiger partial charge in [-0.25, -0.2) is 9.78 Å². The molecule has 31 heavy (non-hydrogen) atoms. The van der Waals surface area contributed by atoms with Crippen molar-refractivity contribution < 1.29 is 14.4 Å². The zero-order valence-corrected chi connectivity index (χ0v) is 18.3. The van der Waals surface area contributed by atoms with Crippen molar-refractivity contribution in [2.75, 3.05) is 11.4 Å². The van der Waals surface area contributed by atoms with E-state index in [9.17, 15) is 14.4 Å². The van der Waals surface area contributed by atoms with Gasteiger partial charge >= 0.3 is 6.03 Å². The van der Waals surface area contributed by atoms with Crippen LogP contribution in [-0.4, -0.2) is 34.3 Å². The quantitative estimate of drug-likeness (QED) is 0.618. The average Bonchev–Trinajstić information content (AvgIpc) is 3.26. The van der Waals surface area contributed by atoms with E-state index in [1.807, 2.05) is 61.7 Å². The van der Waals surface area contributed by atoms with Gasteiger partial charge in [0.25, 0.3) is 11.8 Å². The number of thiazole rings is 1. The van der Waals surface area contributed by atoms with Gasteiger partial charge in [-0.3, -0.25) is 19.4 Å². The molecule has 0 radical (unpaired) electrons. The van der Waals surface area contributed by atoms with Crippen LogP contribution >= 0.6 is 11.3 Å². The third kappa shape index (κ3) is 3.82. The lowest BCUT2D eigenvalue weighted by atomic mass is 9.91. The van der Waals surface area contributed by atoms with E-state index >= 15 is 0 Å². The number of carbonyl (C=O) groups is 3. The summed E-state index contributed by atoms with van der Waals surface area (Å²) >= 11 is 1.33. The van der Waals surface area contributed by atoms with Crippen molar-refractivity contribution in [2.24, 2.45) is 0 Å². The van der Waals surface area contributed by atoms with Crippen LogP contribution in [0.15, 0.2) is 60.0 Å². The number of urea groups is 1. The van der Waals surface area contributed by atoms with Crippen molar-refractivity contribution >= 4 is 40.0 Å². The number of rotatable bonds is 5. The molecule has 0 unspecified atom stereocenters. The first kappa shape index (κ1) is 20.7. The van der Waals surface area contributed by atoms with E-state index in [-0.39, 0.29) is 6.54 Å². The SMILES string of the molecule is Cc1ccc([C@]2(C)NC(=O)N(CC(=O)N(c3ccccc3)c3nc(C)cs3)C2=O)cc1. The number of hydrogen-bond acceptors (Lipinski definition) is 5. The zero-order valence-electron chi connectivity index (χ0n) is 17.5. The van der Waals surface area contributed by atoms with Crippen LogP contribution in [0.5, 0.6) is 0 Å². The van der Waals surface area contributed by atoms with E-state index in [0.29, 0.717) is 16.4 Å². The molecule has 1 atom stereocenters. The molecule has 0 aliphatic carbocycles. The minimum absolute atomic E-state index is 0.389. The Labute approximate surface area is 184 Å². The number of imide groups is 1. The van der Waals surface area contributed by atoms with Crippen LogP contribution < -0.4 is 10.2 Å². The van der Waals surface area contributed by atoms with E-state index in [1.165, 1.54) is 16.2 Å². The normalized spacial score (nSPS) is 18.2. The second kappa shape index (κ2) is 7.96. The van der Waals surface area contributed by atoms with Crippen molar-refractivity contribution in [1.82, 2.24) is 15.2 Å². The smallest absolute Gasteiger partial charge is 0.319 e. The number of amides is 4. The first-order valence-electron chi connectivity index (χ1n) is 9.81. The maximum atomic E-state index is 13.3. The van der Waals surface area contributed by atoms with Gasteiger partial charge in [0.05, 0.1) is 11.4 Å². The summed E-state index contributed by atoms with van der Waals surface area (Å²) in [4.78, 5) is 46.1. The standard InChI is InChI=1S/C23H22N4O3S/c1-15-9-11-17(12-10-15)23(3)20(29)26(21(30)25-23)13-19(28)27(18-7-5-4-6-8-18)22-24-16(2)14-31-22/h4-12,14H,13H2,1-3H3,(H,25,30)/t23-/m0/s1. The van der Waals surface area contributed by atoms with E-state index < -0.39 is 23.4 Å². The number of nitrogens with zero attached hydrogens (tertiary/aromatic N) is 3. The van der Waals surface area contributed by atoms with Crippen LogP contribution in [0.3, 0.4) is 0 Å². The zero-order chi connectivity index (χ0) is 22.2. The summed E-state index contributed by atoms with van der Waals surface area (Å²) in [6, 6.07) is 15.9. The molecule has 1 aliphatic heterocycles. The molecule has 4 amide bonds. The highest BCUT2D eigenvalue weighted by Gasteiger charge is 2.49. The van der Waals surface area contributed by atoms with Crippen molar-refractivity contribution in [3.05, 3.63) is 76.8 Å². The van der Waals surface area contributed by atoms with Gasteiger partial charge < -0.3 is 5.32 Å². The summed E-state index contributed by atoms with van der Waals surface area (Å²) in [7, 11) is 0. The van der Waals surface area contributed by atoms with Crippen molar-refractivity contribution in [2.45, 2.75) is 26.3 Å². The highest BCUT2D eigenvalue weighted by molar-refractivity contribution is 7.14. The Morgan fingerprint density at radius 3 is 2.39 bits per heavy atom. The predicted molar refractivity (Wildman–Crippen MR) is 119 cm³/mol. The summed E-state index contributed by atoms with van der Waals surface area (Å²) in [5, 5.41) is 5.08. The number of para-hydroxylation sites is 1. The van der Waals surface area contributed by atoms with Crippen LogP contribution in [0.1, 0.15) is 23.7 Å². The fourth-order valence-corrected chi connectivity index (χ4v) is 4.35.